The van der Waals surface area contributed by atoms with Gasteiger partial charge in [-0.25, -0.2) is 4.98 Å². The van der Waals surface area contributed by atoms with Crippen LogP contribution in [0.25, 0.3) is 22.4 Å². The van der Waals surface area contributed by atoms with Crippen LogP contribution < -0.4 is 9.80 Å². The summed E-state index contributed by atoms with van der Waals surface area (Å²) in [5.74, 6) is 0.922. The number of anilines is 2. The van der Waals surface area contributed by atoms with Crippen molar-refractivity contribution in [2.45, 2.75) is 25.4 Å². The van der Waals surface area contributed by atoms with Crippen LogP contribution in [-0.4, -0.2) is 66.4 Å². The third kappa shape index (κ3) is 5.24. The Morgan fingerprint density at radius 1 is 0.892 bits per heavy atom. The second kappa shape index (κ2) is 10.4. The van der Waals surface area contributed by atoms with Gasteiger partial charge >= 0.3 is 0 Å². The molecule has 3 aromatic carbocycles. The second-order valence-corrected chi connectivity index (χ2v) is 9.95. The molecular formula is C30H32N4O3. The number of hydrogen-bond acceptors (Lipinski definition) is 6. The molecule has 0 spiro atoms. The van der Waals surface area contributed by atoms with Crippen molar-refractivity contribution in [2.75, 3.05) is 49.2 Å². The monoisotopic (exact) mass is 496 g/mol. The topological polar surface area (TPSA) is 81.7 Å². The van der Waals surface area contributed by atoms with Crippen molar-refractivity contribution < 1.29 is 14.6 Å². The maximum atomic E-state index is 13.0. The molecule has 190 valence electrons. The molecule has 7 nitrogen and oxygen atoms in total. The number of nitrogens with one attached hydrogen (secondary N) is 1. The Morgan fingerprint density at radius 2 is 1.54 bits per heavy atom. The SMILES string of the molecule is O=C(Cc1ccc2nc(-c3ccc(N4CCC(O)CC4)cc3)[nH]c2c1)c1ccc(N2CCOCC2)cc1. The molecule has 0 amide bonds. The highest BCUT2D eigenvalue weighted by molar-refractivity contribution is 5.98. The molecule has 0 atom stereocenters. The molecule has 7 heteroatoms. The summed E-state index contributed by atoms with van der Waals surface area (Å²) in [6.07, 6.45) is 1.80. The molecular weight excluding hydrogens is 464 g/mol. The van der Waals surface area contributed by atoms with E-state index in [4.69, 9.17) is 9.72 Å². The first-order valence-electron chi connectivity index (χ1n) is 13.1. The summed E-state index contributed by atoms with van der Waals surface area (Å²) in [6, 6.07) is 22.3. The molecule has 6 rings (SSSR count). The van der Waals surface area contributed by atoms with Crippen LogP contribution in [0.15, 0.2) is 66.7 Å². The van der Waals surface area contributed by atoms with Crippen molar-refractivity contribution in [1.29, 1.82) is 0 Å². The minimum absolute atomic E-state index is 0.105. The fourth-order valence-corrected chi connectivity index (χ4v) is 5.22. The van der Waals surface area contributed by atoms with Crippen molar-refractivity contribution in [1.82, 2.24) is 9.97 Å². The van der Waals surface area contributed by atoms with Crippen LogP contribution in [0, 0.1) is 0 Å². The lowest BCUT2D eigenvalue weighted by Crippen LogP contribution is -2.36. The molecule has 0 radical (unpaired) electrons. The number of rotatable bonds is 6. The maximum Gasteiger partial charge on any atom is 0.167 e. The number of ketones is 1. The van der Waals surface area contributed by atoms with Crippen LogP contribution in [0.5, 0.6) is 0 Å². The fraction of sp³-hybridized carbons (Fsp3) is 0.333. The number of aliphatic hydroxyl groups excluding tert-OH is 1. The van der Waals surface area contributed by atoms with E-state index < -0.39 is 0 Å². The zero-order valence-corrected chi connectivity index (χ0v) is 20.9. The van der Waals surface area contributed by atoms with Crippen LogP contribution in [0.3, 0.4) is 0 Å². The van der Waals surface area contributed by atoms with Gasteiger partial charge in [0.05, 0.1) is 30.4 Å². The Labute approximate surface area is 216 Å². The normalized spacial score (nSPS) is 16.9. The second-order valence-electron chi connectivity index (χ2n) is 9.95. The van der Waals surface area contributed by atoms with Crippen LogP contribution >= 0.6 is 0 Å². The summed E-state index contributed by atoms with van der Waals surface area (Å²) in [5.41, 5.74) is 6.83. The lowest BCUT2D eigenvalue weighted by Gasteiger charge is -2.31. The van der Waals surface area contributed by atoms with E-state index in [1.54, 1.807) is 0 Å². The molecule has 0 saturated carbocycles. The Bertz CT molecular complexity index is 1370. The number of aliphatic hydroxyl groups is 1. The number of morpholine rings is 1. The number of carbonyl (C=O) groups excluding carboxylic acids is 1. The van der Waals surface area contributed by atoms with E-state index in [1.807, 2.05) is 42.5 Å². The highest BCUT2D eigenvalue weighted by Crippen LogP contribution is 2.26. The zero-order chi connectivity index (χ0) is 25.2. The van der Waals surface area contributed by atoms with Crippen LogP contribution in [0.2, 0.25) is 0 Å². The molecule has 0 aliphatic carbocycles. The van der Waals surface area contributed by atoms with Gasteiger partial charge in [-0.15, -0.1) is 0 Å². The van der Waals surface area contributed by atoms with Crippen molar-refractivity contribution in [3.63, 3.8) is 0 Å². The highest BCUT2D eigenvalue weighted by Gasteiger charge is 2.18. The van der Waals surface area contributed by atoms with Gasteiger partial charge in [0.15, 0.2) is 5.78 Å². The Kier molecular flexibility index (Phi) is 6.64. The lowest BCUT2D eigenvalue weighted by molar-refractivity contribution is 0.0993. The minimum Gasteiger partial charge on any atom is -0.393 e. The zero-order valence-electron chi connectivity index (χ0n) is 20.9. The fourth-order valence-electron chi connectivity index (χ4n) is 5.22. The summed E-state index contributed by atoms with van der Waals surface area (Å²) in [4.78, 5) is 25.8. The number of hydrogen-bond donors (Lipinski definition) is 2. The number of nitrogens with zero attached hydrogens (tertiary/aromatic N) is 3. The molecule has 0 bridgehead atoms. The number of fused-ring (bicyclic) bond motifs is 1. The standard InChI is InChI=1S/C30H32N4O3/c35-26-11-13-33(14-12-26)24-8-4-23(5-9-24)30-31-27-10-1-21(19-28(27)32-30)20-29(36)22-2-6-25(7-3-22)34-15-17-37-18-16-34/h1-10,19,26,35H,11-18,20H2,(H,31,32). The van der Waals surface area contributed by atoms with Crippen molar-refractivity contribution in [3.8, 4) is 11.4 Å². The smallest absolute Gasteiger partial charge is 0.167 e. The van der Waals surface area contributed by atoms with Crippen LogP contribution in [0.4, 0.5) is 11.4 Å². The molecule has 2 fully saturated rings. The summed E-state index contributed by atoms with van der Waals surface area (Å²) in [7, 11) is 0. The van der Waals surface area contributed by atoms with Gasteiger partial charge in [-0.05, 0) is 79.1 Å². The molecule has 3 heterocycles. The molecule has 4 aromatic rings. The molecule has 2 N–H and O–H groups in total. The van der Waals surface area contributed by atoms with E-state index in [0.717, 1.165) is 91.5 Å². The van der Waals surface area contributed by atoms with E-state index in [2.05, 4.69) is 39.0 Å². The number of carbonyl (C=O) groups is 1. The first-order valence-corrected chi connectivity index (χ1v) is 13.1. The Hall–Kier alpha value is -3.68. The maximum absolute atomic E-state index is 13.0. The molecule has 2 aliphatic heterocycles. The quantitative estimate of drug-likeness (QED) is 0.384. The van der Waals surface area contributed by atoms with Gasteiger partial charge in [0, 0.05) is 55.1 Å². The number of imidazole rings is 1. The number of ether oxygens (including phenoxy) is 1. The summed E-state index contributed by atoms with van der Waals surface area (Å²) in [6.45, 7) is 5.01. The number of aromatic amines is 1. The molecule has 2 aliphatic rings. The molecule has 1 aromatic heterocycles. The van der Waals surface area contributed by atoms with Gasteiger partial charge in [-0.3, -0.25) is 4.79 Å². The average molecular weight is 497 g/mol. The highest BCUT2D eigenvalue weighted by atomic mass is 16.5. The van der Waals surface area contributed by atoms with Gasteiger partial charge < -0.3 is 24.6 Å². The van der Waals surface area contributed by atoms with E-state index >= 15 is 0 Å². The summed E-state index contributed by atoms with van der Waals surface area (Å²) >= 11 is 0. The summed E-state index contributed by atoms with van der Waals surface area (Å²) < 4.78 is 5.43. The largest absolute Gasteiger partial charge is 0.393 e. The van der Waals surface area contributed by atoms with Gasteiger partial charge in [0.25, 0.3) is 0 Å². The minimum atomic E-state index is -0.174. The molecule has 0 unspecified atom stereocenters. The summed E-state index contributed by atoms with van der Waals surface area (Å²) in [5, 5.41) is 9.75. The van der Waals surface area contributed by atoms with Crippen molar-refractivity contribution in [3.05, 3.63) is 77.9 Å². The number of benzene rings is 3. The molecule has 37 heavy (non-hydrogen) atoms. The first kappa shape index (κ1) is 23.7. The predicted octanol–water partition coefficient (Wildman–Crippen LogP) is 4.45. The van der Waals surface area contributed by atoms with E-state index in [0.29, 0.717) is 6.42 Å². The van der Waals surface area contributed by atoms with Gasteiger partial charge in [-0.1, -0.05) is 6.07 Å². The average Bonchev–Trinajstić information content (AvgIpc) is 3.38. The predicted molar refractivity (Wildman–Crippen MR) is 146 cm³/mol. The molecule has 2 saturated heterocycles. The third-order valence-electron chi connectivity index (χ3n) is 7.45. The Morgan fingerprint density at radius 3 is 2.24 bits per heavy atom. The van der Waals surface area contributed by atoms with Gasteiger partial charge in [0.2, 0.25) is 0 Å². The third-order valence-corrected chi connectivity index (χ3v) is 7.45. The van der Waals surface area contributed by atoms with Gasteiger partial charge in [-0.2, -0.15) is 0 Å². The van der Waals surface area contributed by atoms with Crippen LogP contribution in [-0.2, 0) is 11.2 Å². The van der Waals surface area contributed by atoms with Crippen LogP contribution in [0.1, 0.15) is 28.8 Å². The van der Waals surface area contributed by atoms with E-state index in [1.165, 1.54) is 5.69 Å². The van der Waals surface area contributed by atoms with Crippen molar-refractivity contribution >= 4 is 28.2 Å². The van der Waals surface area contributed by atoms with E-state index in [9.17, 15) is 9.90 Å². The number of Topliss-reactive ketones (excluding diaryl/α,β-unsaturated/α-hetero) is 1. The first-order chi connectivity index (χ1) is 18.1. The number of piperidine rings is 1. The lowest BCUT2D eigenvalue weighted by atomic mass is 10.0. The number of aromatic nitrogens is 2. The van der Waals surface area contributed by atoms with Crippen molar-refractivity contribution in [2.24, 2.45) is 0 Å². The number of H-pyrrole nitrogens is 1. The Balaban J connectivity index is 1.13. The van der Waals surface area contributed by atoms with E-state index in [-0.39, 0.29) is 11.9 Å². The van der Waals surface area contributed by atoms with Gasteiger partial charge in [0.1, 0.15) is 5.82 Å².